The molecule has 1 saturated heterocycles. The summed E-state index contributed by atoms with van der Waals surface area (Å²) in [5, 5.41) is 12.5. The van der Waals surface area contributed by atoms with Gasteiger partial charge >= 0.3 is 5.97 Å². The number of amides is 1. The maximum atomic E-state index is 15.0. The molecule has 1 atom stereocenters. The lowest BCUT2D eigenvalue weighted by Crippen LogP contribution is -2.51. The topological polar surface area (TPSA) is 78.9 Å². The maximum absolute atomic E-state index is 15.0. The lowest BCUT2D eigenvalue weighted by Gasteiger charge is -2.37. The lowest BCUT2D eigenvalue weighted by molar-refractivity contribution is -0.136. The lowest BCUT2D eigenvalue weighted by atomic mass is 9.76. The molecule has 0 unspecified atom stereocenters. The zero-order valence-corrected chi connectivity index (χ0v) is 22.6. The van der Waals surface area contributed by atoms with E-state index in [4.69, 9.17) is 4.74 Å². The van der Waals surface area contributed by atoms with E-state index in [1.54, 1.807) is 12.1 Å². The smallest absolute Gasteiger partial charge is 0.307 e. The fourth-order valence-electron chi connectivity index (χ4n) is 6.40. The van der Waals surface area contributed by atoms with Crippen LogP contribution < -0.4 is 10.1 Å². The number of ether oxygens (including phenoxy) is 1. The molecule has 1 aliphatic heterocycles. The first kappa shape index (κ1) is 26.7. The van der Waals surface area contributed by atoms with Gasteiger partial charge in [0.1, 0.15) is 11.6 Å². The van der Waals surface area contributed by atoms with Crippen molar-refractivity contribution in [3.05, 3.63) is 53.3 Å². The summed E-state index contributed by atoms with van der Waals surface area (Å²) in [6, 6.07) is 10.7. The number of hydrogen-bond acceptors (Lipinski definition) is 4. The van der Waals surface area contributed by atoms with Gasteiger partial charge in [-0.1, -0.05) is 38.5 Å². The van der Waals surface area contributed by atoms with E-state index in [0.29, 0.717) is 29.4 Å². The van der Waals surface area contributed by atoms with Crippen molar-refractivity contribution < 1.29 is 23.8 Å². The Labute approximate surface area is 224 Å². The van der Waals surface area contributed by atoms with Crippen molar-refractivity contribution in [2.45, 2.75) is 76.8 Å². The van der Waals surface area contributed by atoms with E-state index >= 15 is 0 Å². The number of benzene rings is 2. The van der Waals surface area contributed by atoms with Crippen LogP contribution in [0.2, 0.25) is 0 Å². The molecule has 1 amide bonds. The first-order valence-corrected chi connectivity index (χ1v) is 13.9. The zero-order chi connectivity index (χ0) is 27.0. The Morgan fingerprint density at radius 1 is 1.16 bits per heavy atom. The molecule has 2 aliphatic carbocycles. The molecule has 6 nitrogen and oxygen atoms in total. The van der Waals surface area contributed by atoms with Crippen molar-refractivity contribution in [2.75, 3.05) is 20.2 Å². The van der Waals surface area contributed by atoms with Crippen LogP contribution in [0.4, 0.5) is 4.39 Å². The average Bonchev–Trinajstić information content (AvgIpc) is 3.07. The summed E-state index contributed by atoms with van der Waals surface area (Å²) in [5.74, 6) is 0.153. The van der Waals surface area contributed by atoms with Gasteiger partial charge < -0.3 is 15.2 Å². The summed E-state index contributed by atoms with van der Waals surface area (Å²) in [6.07, 6.45) is 5.52. The monoisotopic (exact) mass is 522 g/mol. The Hall–Kier alpha value is -2.93. The van der Waals surface area contributed by atoms with E-state index in [2.05, 4.69) is 24.1 Å². The highest BCUT2D eigenvalue weighted by Crippen LogP contribution is 2.45. The predicted octanol–water partition coefficient (Wildman–Crippen LogP) is 5.39. The van der Waals surface area contributed by atoms with Crippen LogP contribution in [0.3, 0.4) is 0 Å². The first-order chi connectivity index (χ1) is 18.1. The Kier molecular flexibility index (Phi) is 7.49. The average molecular weight is 523 g/mol. The third-order valence-electron chi connectivity index (χ3n) is 8.57. The van der Waals surface area contributed by atoms with Gasteiger partial charge in [-0.05, 0) is 91.3 Å². The normalized spacial score (nSPS) is 24.9. The molecular formula is C31H39FN2O4. The highest BCUT2D eigenvalue weighted by atomic mass is 19.1. The van der Waals surface area contributed by atoms with E-state index in [0.717, 1.165) is 56.2 Å². The molecule has 2 N–H and O–H groups in total. The highest BCUT2D eigenvalue weighted by Gasteiger charge is 2.41. The zero-order valence-electron chi connectivity index (χ0n) is 22.6. The van der Waals surface area contributed by atoms with Gasteiger partial charge in [0.05, 0.1) is 19.1 Å². The fourth-order valence-corrected chi connectivity index (χ4v) is 6.40. The highest BCUT2D eigenvalue weighted by molar-refractivity contribution is 5.82. The van der Waals surface area contributed by atoms with E-state index in [9.17, 15) is 19.1 Å². The Morgan fingerprint density at radius 2 is 1.92 bits per heavy atom. The molecule has 5 rings (SSSR count). The van der Waals surface area contributed by atoms with Crippen molar-refractivity contribution in [1.82, 2.24) is 10.2 Å². The number of rotatable bonds is 9. The van der Waals surface area contributed by atoms with E-state index < -0.39 is 5.97 Å². The Balaban J connectivity index is 1.25. The molecule has 0 spiro atoms. The van der Waals surface area contributed by atoms with Crippen molar-refractivity contribution in [3.63, 3.8) is 0 Å². The minimum absolute atomic E-state index is 0.0664. The number of carboxylic acids is 1. The molecule has 1 heterocycles. The van der Waals surface area contributed by atoms with Crippen LogP contribution in [0.1, 0.15) is 69.4 Å². The van der Waals surface area contributed by atoms with Crippen molar-refractivity contribution in [3.8, 4) is 16.9 Å². The number of carbonyl (C=O) groups is 2. The van der Waals surface area contributed by atoms with Gasteiger partial charge in [0.25, 0.3) is 0 Å². The van der Waals surface area contributed by atoms with Gasteiger partial charge in [0.2, 0.25) is 5.91 Å². The number of carboxylic acid groups (broad SMARTS) is 1. The van der Waals surface area contributed by atoms with Gasteiger partial charge in [-0.3, -0.25) is 14.5 Å². The van der Waals surface area contributed by atoms with Crippen LogP contribution in [-0.2, 0) is 16.0 Å². The number of hydrogen-bond donors (Lipinski definition) is 2. The largest absolute Gasteiger partial charge is 0.493 e. The van der Waals surface area contributed by atoms with E-state index in [1.807, 2.05) is 25.2 Å². The van der Waals surface area contributed by atoms with Crippen molar-refractivity contribution >= 4 is 11.9 Å². The molecule has 2 aromatic rings. The SMILES string of the molecule is CN1CC(C)(C)C[C@@H]1C(=O)NC1CC(COc2ccc(CC(=O)O)cc2-c2cccc(F)c2C2CCC2)C1. The predicted molar refractivity (Wildman–Crippen MR) is 145 cm³/mol. The molecule has 2 aromatic carbocycles. The number of likely N-dealkylation sites (tertiary alicyclic amines) is 1. The Morgan fingerprint density at radius 3 is 2.55 bits per heavy atom. The number of nitrogens with one attached hydrogen (secondary N) is 1. The molecule has 2 saturated carbocycles. The van der Waals surface area contributed by atoms with Gasteiger partial charge in [-0.2, -0.15) is 0 Å². The van der Waals surface area contributed by atoms with Crippen LogP contribution in [0.25, 0.3) is 11.1 Å². The minimum atomic E-state index is -0.905. The molecule has 3 aliphatic rings. The quantitative estimate of drug-likeness (QED) is 0.462. The van der Waals surface area contributed by atoms with Crippen LogP contribution in [0.5, 0.6) is 5.75 Å². The number of carbonyl (C=O) groups excluding carboxylic acids is 1. The minimum Gasteiger partial charge on any atom is -0.493 e. The molecule has 0 bridgehead atoms. The summed E-state index contributed by atoms with van der Waals surface area (Å²) in [4.78, 5) is 26.3. The van der Waals surface area contributed by atoms with Crippen LogP contribution in [-0.4, -0.2) is 54.2 Å². The summed E-state index contributed by atoms with van der Waals surface area (Å²) in [5.41, 5.74) is 3.07. The first-order valence-electron chi connectivity index (χ1n) is 13.9. The molecule has 38 heavy (non-hydrogen) atoms. The third kappa shape index (κ3) is 5.73. The number of nitrogens with zero attached hydrogens (tertiary/aromatic N) is 1. The summed E-state index contributed by atoms with van der Waals surface area (Å²) in [7, 11) is 2.02. The molecule has 7 heteroatoms. The number of aliphatic carboxylic acids is 1. The molecular weight excluding hydrogens is 483 g/mol. The second-order valence-corrected chi connectivity index (χ2v) is 12.4. The molecule has 0 radical (unpaired) electrons. The van der Waals surface area contributed by atoms with Gasteiger partial charge in [-0.25, -0.2) is 4.39 Å². The number of likely N-dealkylation sites (N-methyl/N-ethyl adjacent to an activating group) is 1. The van der Waals surface area contributed by atoms with Crippen molar-refractivity contribution in [1.29, 1.82) is 0 Å². The molecule has 204 valence electrons. The van der Waals surface area contributed by atoms with Gasteiger partial charge in [0.15, 0.2) is 0 Å². The maximum Gasteiger partial charge on any atom is 0.307 e. The van der Waals surface area contributed by atoms with Crippen LogP contribution in [0, 0.1) is 17.2 Å². The van der Waals surface area contributed by atoms with E-state index in [-0.39, 0.29) is 41.6 Å². The van der Waals surface area contributed by atoms with Gasteiger partial charge in [0, 0.05) is 18.2 Å². The second kappa shape index (κ2) is 10.7. The van der Waals surface area contributed by atoms with Gasteiger partial charge in [-0.15, -0.1) is 0 Å². The Bertz CT molecular complexity index is 1200. The summed E-state index contributed by atoms with van der Waals surface area (Å²) >= 11 is 0. The number of halogens is 1. The third-order valence-corrected chi connectivity index (χ3v) is 8.57. The molecule has 3 fully saturated rings. The van der Waals surface area contributed by atoms with Crippen molar-refractivity contribution in [2.24, 2.45) is 11.3 Å². The second-order valence-electron chi connectivity index (χ2n) is 12.4. The van der Waals surface area contributed by atoms with E-state index in [1.165, 1.54) is 6.07 Å². The standard InChI is InChI=1S/C31H39FN2O4/c1-31(2)16-26(34(3)18-31)30(37)33-22-12-20(13-22)17-38-27-11-10-19(15-28(35)36)14-24(27)23-8-5-9-25(32)29(23)21-6-4-7-21/h5,8-11,14,20-22,26H,4,6-7,12-13,15-18H2,1-3H3,(H,33,37)(H,35,36)/t20?,22?,26-/m1/s1. The summed E-state index contributed by atoms with van der Waals surface area (Å²) < 4.78 is 21.3. The fraction of sp³-hybridized carbons (Fsp3) is 0.548. The van der Waals surface area contributed by atoms with Crippen LogP contribution in [0.15, 0.2) is 36.4 Å². The molecule has 0 aromatic heterocycles. The summed E-state index contributed by atoms with van der Waals surface area (Å²) in [6.45, 7) is 5.83. The van der Waals surface area contributed by atoms with Crippen LogP contribution >= 0.6 is 0 Å².